The maximum absolute atomic E-state index is 12.9. The average molecular weight is 443 g/mol. The Morgan fingerprint density at radius 3 is 2.45 bits per heavy atom. The molecule has 0 N–H and O–H groups in total. The summed E-state index contributed by atoms with van der Waals surface area (Å²) < 4.78 is 15.6. The Hall–Kier alpha value is -2.55. The summed E-state index contributed by atoms with van der Waals surface area (Å²) in [5.41, 5.74) is 0.136. The minimum absolute atomic E-state index is 0.126. The van der Waals surface area contributed by atoms with E-state index in [0.29, 0.717) is 22.2 Å². The lowest BCUT2D eigenvalue weighted by Gasteiger charge is -2.19. The molecular formula is C19H20Cl2N2O6. The molecule has 0 spiro atoms. The molecule has 0 fully saturated rings. The molecule has 0 saturated carbocycles. The maximum Gasteiger partial charge on any atom is 0.286 e. The minimum atomic E-state index is -0.640. The molecule has 0 heterocycles. The fourth-order valence-corrected chi connectivity index (χ4v) is 3.03. The van der Waals surface area contributed by atoms with Crippen molar-refractivity contribution in [2.75, 3.05) is 34.5 Å². The van der Waals surface area contributed by atoms with E-state index in [4.69, 9.17) is 37.4 Å². The van der Waals surface area contributed by atoms with Gasteiger partial charge in [0.1, 0.15) is 12.2 Å². The number of nitro benzene ring substituents is 1. The standard InChI is InChI=1S/C19H20Cl2N2O6/c1-22(11-12-4-5-13(20)8-15(12)21)19(24)14-9-17(28-3)18(29-7-6-27-2)10-16(14)23(25)26/h4-5,8-10H,6-7,11H2,1-3H3. The SMILES string of the molecule is COCCOc1cc([N+](=O)[O-])c(C(=O)N(C)Cc2ccc(Cl)cc2Cl)cc1OC. The third kappa shape index (κ3) is 5.72. The van der Waals surface area contributed by atoms with Gasteiger partial charge in [-0.1, -0.05) is 29.3 Å². The Morgan fingerprint density at radius 2 is 1.86 bits per heavy atom. The monoisotopic (exact) mass is 442 g/mol. The van der Waals surface area contributed by atoms with Crippen molar-refractivity contribution in [3.05, 3.63) is 61.6 Å². The van der Waals surface area contributed by atoms with Crippen molar-refractivity contribution in [3.8, 4) is 11.5 Å². The van der Waals surface area contributed by atoms with Crippen LogP contribution in [0.5, 0.6) is 11.5 Å². The molecular weight excluding hydrogens is 423 g/mol. The third-order valence-corrected chi connectivity index (χ3v) is 4.61. The van der Waals surface area contributed by atoms with E-state index in [0.717, 1.165) is 0 Å². The molecule has 0 aliphatic carbocycles. The summed E-state index contributed by atoms with van der Waals surface area (Å²) >= 11 is 12.0. The highest BCUT2D eigenvalue weighted by Crippen LogP contribution is 2.35. The molecule has 0 unspecified atom stereocenters. The summed E-state index contributed by atoms with van der Waals surface area (Å²) in [4.78, 5) is 25.2. The first-order chi connectivity index (χ1) is 13.8. The van der Waals surface area contributed by atoms with Crippen LogP contribution in [0.2, 0.25) is 10.0 Å². The number of carbonyl (C=O) groups is 1. The molecule has 0 saturated heterocycles. The van der Waals surface area contributed by atoms with E-state index in [1.165, 1.54) is 38.3 Å². The van der Waals surface area contributed by atoms with Crippen molar-refractivity contribution in [2.24, 2.45) is 0 Å². The van der Waals surface area contributed by atoms with Gasteiger partial charge in [-0.05, 0) is 17.7 Å². The van der Waals surface area contributed by atoms with E-state index in [9.17, 15) is 14.9 Å². The molecule has 8 nitrogen and oxygen atoms in total. The smallest absolute Gasteiger partial charge is 0.286 e. The van der Waals surface area contributed by atoms with Crippen molar-refractivity contribution in [2.45, 2.75) is 6.54 Å². The molecule has 0 radical (unpaired) electrons. The molecule has 156 valence electrons. The topological polar surface area (TPSA) is 91.1 Å². The first-order valence-corrected chi connectivity index (χ1v) is 9.21. The summed E-state index contributed by atoms with van der Waals surface area (Å²) in [5, 5.41) is 12.4. The van der Waals surface area contributed by atoms with E-state index >= 15 is 0 Å². The van der Waals surface area contributed by atoms with Gasteiger partial charge in [-0.3, -0.25) is 14.9 Å². The third-order valence-electron chi connectivity index (χ3n) is 4.02. The lowest BCUT2D eigenvalue weighted by molar-refractivity contribution is -0.385. The molecule has 2 aromatic rings. The van der Waals surface area contributed by atoms with Gasteiger partial charge < -0.3 is 19.1 Å². The summed E-state index contributed by atoms with van der Waals surface area (Å²) in [6.45, 7) is 0.606. The molecule has 0 aliphatic rings. The van der Waals surface area contributed by atoms with Crippen LogP contribution in [0.4, 0.5) is 5.69 Å². The number of benzene rings is 2. The number of halogens is 2. The number of ether oxygens (including phenoxy) is 3. The number of amides is 1. The quantitative estimate of drug-likeness (QED) is 0.328. The molecule has 2 rings (SSSR count). The van der Waals surface area contributed by atoms with Gasteiger partial charge in [-0.25, -0.2) is 0 Å². The highest BCUT2D eigenvalue weighted by molar-refractivity contribution is 6.35. The number of methoxy groups -OCH3 is 2. The normalized spacial score (nSPS) is 10.5. The predicted octanol–water partition coefficient (Wildman–Crippen LogP) is 4.21. The van der Waals surface area contributed by atoms with E-state index < -0.39 is 16.5 Å². The molecule has 1 amide bonds. The summed E-state index contributed by atoms with van der Waals surface area (Å²) in [7, 11) is 4.41. The zero-order chi connectivity index (χ0) is 21.6. The molecule has 10 heteroatoms. The summed E-state index contributed by atoms with van der Waals surface area (Å²) in [6.07, 6.45) is 0. The number of nitrogens with zero attached hydrogens (tertiary/aromatic N) is 2. The molecule has 0 aliphatic heterocycles. The number of hydrogen-bond acceptors (Lipinski definition) is 6. The fraction of sp³-hybridized carbons (Fsp3) is 0.316. The second kappa shape index (κ2) is 10.3. The van der Waals surface area contributed by atoms with E-state index in [1.54, 1.807) is 18.2 Å². The van der Waals surface area contributed by atoms with Crippen molar-refractivity contribution in [1.82, 2.24) is 4.90 Å². The number of rotatable bonds is 9. The van der Waals surface area contributed by atoms with Crippen LogP contribution in [-0.2, 0) is 11.3 Å². The van der Waals surface area contributed by atoms with E-state index in [1.807, 2.05) is 0 Å². The lowest BCUT2D eigenvalue weighted by Crippen LogP contribution is -2.27. The van der Waals surface area contributed by atoms with Gasteiger partial charge in [0.15, 0.2) is 11.5 Å². The van der Waals surface area contributed by atoms with Gasteiger partial charge in [-0.15, -0.1) is 0 Å². The van der Waals surface area contributed by atoms with Crippen LogP contribution >= 0.6 is 23.2 Å². The molecule has 29 heavy (non-hydrogen) atoms. The first-order valence-electron chi connectivity index (χ1n) is 8.46. The Morgan fingerprint density at radius 1 is 1.14 bits per heavy atom. The summed E-state index contributed by atoms with van der Waals surface area (Å²) in [6, 6.07) is 7.37. The highest BCUT2D eigenvalue weighted by Gasteiger charge is 2.27. The van der Waals surface area contributed by atoms with Crippen LogP contribution in [-0.4, -0.2) is 50.2 Å². The Labute approximate surface area is 178 Å². The molecule has 2 aromatic carbocycles. The van der Waals surface area contributed by atoms with Crippen LogP contribution in [0, 0.1) is 10.1 Å². The number of nitro groups is 1. The zero-order valence-corrected chi connectivity index (χ0v) is 17.6. The van der Waals surface area contributed by atoms with E-state index in [2.05, 4.69) is 0 Å². The Balaban J connectivity index is 2.35. The van der Waals surface area contributed by atoms with Crippen LogP contribution in [0.3, 0.4) is 0 Å². The van der Waals surface area contributed by atoms with Crippen molar-refractivity contribution >= 4 is 34.8 Å². The van der Waals surface area contributed by atoms with Crippen LogP contribution in [0.15, 0.2) is 30.3 Å². The van der Waals surface area contributed by atoms with Gasteiger partial charge >= 0.3 is 0 Å². The van der Waals surface area contributed by atoms with Crippen LogP contribution in [0.25, 0.3) is 0 Å². The van der Waals surface area contributed by atoms with Crippen LogP contribution in [0.1, 0.15) is 15.9 Å². The number of carbonyl (C=O) groups excluding carboxylic acids is 1. The minimum Gasteiger partial charge on any atom is -0.493 e. The molecule has 0 aromatic heterocycles. The number of hydrogen-bond donors (Lipinski definition) is 0. The predicted molar refractivity (Wildman–Crippen MR) is 109 cm³/mol. The summed E-state index contributed by atoms with van der Waals surface area (Å²) in [5.74, 6) is -0.214. The second-order valence-electron chi connectivity index (χ2n) is 6.02. The van der Waals surface area contributed by atoms with E-state index in [-0.39, 0.29) is 30.2 Å². The Bertz CT molecular complexity index is 907. The molecule has 0 bridgehead atoms. The van der Waals surface area contributed by atoms with Gasteiger partial charge in [0, 0.05) is 36.8 Å². The van der Waals surface area contributed by atoms with Gasteiger partial charge in [0.25, 0.3) is 11.6 Å². The maximum atomic E-state index is 12.9. The molecule has 0 atom stereocenters. The lowest BCUT2D eigenvalue weighted by atomic mass is 10.1. The van der Waals surface area contributed by atoms with Crippen molar-refractivity contribution in [3.63, 3.8) is 0 Å². The van der Waals surface area contributed by atoms with Crippen molar-refractivity contribution < 1.29 is 23.9 Å². The Kier molecular flexibility index (Phi) is 8.07. The van der Waals surface area contributed by atoms with Gasteiger partial charge in [-0.2, -0.15) is 0 Å². The average Bonchev–Trinajstić information content (AvgIpc) is 2.69. The highest BCUT2D eigenvalue weighted by atomic mass is 35.5. The zero-order valence-electron chi connectivity index (χ0n) is 16.1. The van der Waals surface area contributed by atoms with Gasteiger partial charge in [0.2, 0.25) is 0 Å². The van der Waals surface area contributed by atoms with Gasteiger partial charge in [0.05, 0.1) is 24.7 Å². The van der Waals surface area contributed by atoms with Crippen molar-refractivity contribution in [1.29, 1.82) is 0 Å². The largest absolute Gasteiger partial charge is 0.493 e. The first kappa shape index (κ1) is 22.7. The second-order valence-corrected chi connectivity index (χ2v) is 6.86. The fourth-order valence-electron chi connectivity index (χ4n) is 2.56. The van der Waals surface area contributed by atoms with Crippen LogP contribution < -0.4 is 9.47 Å².